The number of hydrogen-bond donors (Lipinski definition) is 2. The first-order valence-electron chi connectivity index (χ1n) is 5.68. The van der Waals surface area contributed by atoms with Crippen LogP contribution in [0.2, 0.25) is 0 Å². The smallest absolute Gasteiger partial charge is 0.328 e. The maximum atomic E-state index is 11.0. The maximum absolute atomic E-state index is 11.0. The number of carboxylic acids is 1. The monoisotopic (exact) mass is 237 g/mol. The van der Waals surface area contributed by atoms with Crippen LogP contribution in [0.4, 0.5) is 0 Å². The van der Waals surface area contributed by atoms with E-state index in [2.05, 4.69) is 29.1 Å². The molecule has 17 heavy (non-hydrogen) atoms. The Morgan fingerprint density at radius 2 is 2.12 bits per heavy atom. The second-order valence-electron chi connectivity index (χ2n) is 4.52. The van der Waals surface area contributed by atoms with Crippen LogP contribution in [0.3, 0.4) is 0 Å². The fraction of sp³-hybridized carbons (Fsp3) is 0.583. The normalized spacial score (nSPS) is 12.8. The average Bonchev–Trinajstić information content (AvgIpc) is 2.15. The molecule has 1 aromatic rings. The molecular weight excluding hydrogens is 218 g/mol. The largest absolute Gasteiger partial charge is 0.480 e. The highest BCUT2D eigenvalue weighted by molar-refractivity contribution is 5.74. The van der Waals surface area contributed by atoms with E-state index in [4.69, 9.17) is 5.11 Å². The average molecular weight is 237 g/mol. The molecule has 0 saturated heterocycles. The van der Waals surface area contributed by atoms with Gasteiger partial charge in [0.15, 0.2) is 11.9 Å². The van der Waals surface area contributed by atoms with Crippen molar-refractivity contribution in [2.75, 3.05) is 7.05 Å². The minimum absolute atomic E-state index is 0.329. The Bertz CT molecular complexity index is 405. The van der Waals surface area contributed by atoms with Crippen molar-refractivity contribution in [3.05, 3.63) is 23.3 Å². The zero-order valence-electron chi connectivity index (χ0n) is 10.7. The third-order valence-electron chi connectivity index (χ3n) is 2.34. The molecule has 5 heteroatoms. The fourth-order valence-corrected chi connectivity index (χ4v) is 1.67. The first kappa shape index (κ1) is 13.6. The second kappa shape index (κ2) is 5.72. The number of aryl methyl sites for hydroxylation is 1. The molecule has 0 radical (unpaired) electrons. The Morgan fingerprint density at radius 3 is 2.59 bits per heavy atom. The van der Waals surface area contributed by atoms with Crippen molar-refractivity contribution < 1.29 is 9.90 Å². The number of aliphatic carboxylic acids is 1. The van der Waals surface area contributed by atoms with E-state index in [0.717, 1.165) is 17.8 Å². The third-order valence-corrected chi connectivity index (χ3v) is 2.34. The number of nitrogens with zero attached hydrogens (tertiary/aromatic N) is 2. The Kier molecular flexibility index (Phi) is 4.57. The minimum Gasteiger partial charge on any atom is -0.480 e. The van der Waals surface area contributed by atoms with Crippen molar-refractivity contribution >= 4 is 5.97 Å². The van der Waals surface area contributed by atoms with E-state index in [1.807, 2.05) is 13.0 Å². The quantitative estimate of drug-likeness (QED) is 0.808. The predicted octanol–water partition coefficient (Wildman–Crippen LogP) is 1.33. The molecule has 0 saturated carbocycles. The van der Waals surface area contributed by atoms with E-state index in [1.54, 1.807) is 7.05 Å². The summed E-state index contributed by atoms with van der Waals surface area (Å²) in [5.74, 6) is -0.153. The molecule has 1 unspecified atom stereocenters. The maximum Gasteiger partial charge on any atom is 0.328 e. The molecule has 0 bridgehead atoms. The molecule has 0 amide bonds. The minimum atomic E-state index is -0.964. The highest BCUT2D eigenvalue weighted by atomic mass is 16.4. The summed E-state index contributed by atoms with van der Waals surface area (Å²) in [7, 11) is 1.59. The van der Waals surface area contributed by atoms with E-state index in [9.17, 15) is 4.79 Å². The lowest BCUT2D eigenvalue weighted by atomic mass is 10.1. The van der Waals surface area contributed by atoms with Crippen molar-refractivity contribution in [3.63, 3.8) is 0 Å². The van der Waals surface area contributed by atoms with E-state index >= 15 is 0 Å². The molecule has 0 aliphatic heterocycles. The van der Waals surface area contributed by atoms with Crippen LogP contribution in [0, 0.1) is 12.8 Å². The Hall–Kier alpha value is -1.49. The van der Waals surface area contributed by atoms with Gasteiger partial charge in [0.25, 0.3) is 0 Å². The SMILES string of the molecule is CNC(C(=O)O)c1nc(C)cc(CC(C)C)n1. The topological polar surface area (TPSA) is 75.1 Å². The number of likely N-dealkylation sites (N-methyl/N-ethyl adjacent to an activating group) is 1. The van der Waals surface area contributed by atoms with Crippen LogP contribution in [-0.4, -0.2) is 28.1 Å². The van der Waals surface area contributed by atoms with Crippen LogP contribution < -0.4 is 5.32 Å². The lowest BCUT2D eigenvalue weighted by molar-refractivity contribution is -0.139. The Labute approximate surface area is 101 Å². The first-order valence-corrected chi connectivity index (χ1v) is 5.68. The van der Waals surface area contributed by atoms with Gasteiger partial charge in [-0.05, 0) is 32.4 Å². The molecule has 1 atom stereocenters. The summed E-state index contributed by atoms with van der Waals surface area (Å²) in [6, 6.07) is 1.05. The van der Waals surface area contributed by atoms with Crippen molar-refractivity contribution in [2.45, 2.75) is 33.2 Å². The van der Waals surface area contributed by atoms with Gasteiger partial charge in [-0.25, -0.2) is 9.97 Å². The van der Waals surface area contributed by atoms with Crippen molar-refractivity contribution in [2.24, 2.45) is 5.92 Å². The number of aromatic nitrogens is 2. The molecule has 0 aromatic carbocycles. The first-order chi connectivity index (χ1) is 7.93. The summed E-state index contributed by atoms with van der Waals surface area (Å²) in [6.07, 6.45) is 0.826. The zero-order chi connectivity index (χ0) is 13.0. The van der Waals surface area contributed by atoms with Crippen LogP contribution in [0.1, 0.15) is 37.1 Å². The Morgan fingerprint density at radius 1 is 1.47 bits per heavy atom. The summed E-state index contributed by atoms with van der Waals surface area (Å²) in [5.41, 5.74) is 1.69. The van der Waals surface area contributed by atoms with Crippen molar-refractivity contribution in [1.29, 1.82) is 0 Å². The van der Waals surface area contributed by atoms with E-state index < -0.39 is 12.0 Å². The van der Waals surface area contributed by atoms with E-state index in [1.165, 1.54) is 0 Å². The molecule has 1 aromatic heterocycles. The van der Waals surface area contributed by atoms with Crippen molar-refractivity contribution in [1.82, 2.24) is 15.3 Å². The molecule has 0 aliphatic rings. The van der Waals surface area contributed by atoms with Gasteiger partial charge in [-0.2, -0.15) is 0 Å². The van der Waals surface area contributed by atoms with Crippen LogP contribution in [0.5, 0.6) is 0 Å². The Balaban J connectivity index is 3.07. The molecule has 2 N–H and O–H groups in total. The van der Waals surface area contributed by atoms with Gasteiger partial charge in [-0.3, -0.25) is 4.79 Å². The number of hydrogen-bond acceptors (Lipinski definition) is 4. The number of carboxylic acid groups (broad SMARTS) is 1. The lowest BCUT2D eigenvalue weighted by Crippen LogP contribution is -2.27. The second-order valence-corrected chi connectivity index (χ2v) is 4.52. The van der Waals surface area contributed by atoms with Gasteiger partial charge in [0.2, 0.25) is 0 Å². The number of carbonyl (C=O) groups is 1. The van der Waals surface area contributed by atoms with Crippen LogP contribution in [-0.2, 0) is 11.2 Å². The molecular formula is C12H19N3O2. The van der Waals surface area contributed by atoms with Crippen LogP contribution >= 0.6 is 0 Å². The highest BCUT2D eigenvalue weighted by Crippen LogP contribution is 2.12. The predicted molar refractivity (Wildman–Crippen MR) is 64.7 cm³/mol. The van der Waals surface area contributed by atoms with E-state index in [-0.39, 0.29) is 0 Å². The van der Waals surface area contributed by atoms with Crippen molar-refractivity contribution in [3.8, 4) is 0 Å². The summed E-state index contributed by atoms with van der Waals surface area (Å²) >= 11 is 0. The van der Waals surface area contributed by atoms with Gasteiger partial charge in [0.05, 0.1) is 0 Å². The molecule has 0 spiro atoms. The molecule has 0 aliphatic carbocycles. The summed E-state index contributed by atoms with van der Waals surface area (Å²) in [5, 5.41) is 11.7. The number of nitrogens with one attached hydrogen (secondary N) is 1. The summed E-state index contributed by atoms with van der Waals surface area (Å²) in [4.78, 5) is 19.5. The van der Waals surface area contributed by atoms with Crippen LogP contribution in [0.15, 0.2) is 6.07 Å². The van der Waals surface area contributed by atoms with Gasteiger partial charge in [0, 0.05) is 11.4 Å². The molecule has 5 nitrogen and oxygen atoms in total. The fourth-order valence-electron chi connectivity index (χ4n) is 1.67. The number of rotatable bonds is 5. The molecule has 1 heterocycles. The molecule has 94 valence electrons. The van der Waals surface area contributed by atoms with Gasteiger partial charge in [-0.15, -0.1) is 0 Å². The summed E-state index contributed by atoms with van der Waals surface area (Å²) < 4.78 is 0. The van der Waals surface area contributed by atoms with Gasteiger partial charge in [0.1, 0.15) is 0 Å². The highest BCUT2D eigenvalue weighted by Gasteiger charge is 2.21. The lowest BCUT2D eigenvalue weighted by Gasteiger charge is -2.12. The van der Waals surface area contributed by atoms with Gasteiger partial charge >= 0.3 is 5.97 Å². The van der Waals surface area contributed by atoms with Gasteiger partial charge < -0.3 is 10.4 Å². The van der Waals surface area contributed by atoms with E-state index in [0.29, 0.717) is 11.7 Å². The van der Waals surface area contributed by atoms with Crippen LogP contribution in [0.25, 0.3) is 0 Å². The molecule has 0 fully saturated rings. The zero-order valence-corrected chi connectivity index (χ0v) is 10.7. The summed E-state index contributed by atoms with van der Waals surface area (Å²) in [6.45, 7) is 6.05. The van der Waals surface area contributed by atoms with Gasteiger partial charge in [-0.1, -0.05) is 13.8 Å². The standard InChI is InChI=1S/C12H19N3O2/c1-7(2)5-9-6-8(3)14-11(15-9)10(13-4)12(16)17/h6-7,10,13H,5H2,1-4H3,(H,16,17). The molecule has 1 rings (SSSR count). The third kappa shape index (κ3) is 3.78.